The molecular formula is C23H19Cl2N3. The summed E-state index contributed by atoms with van der Waals surface area (Å²) in [5.74, 6) is 0.886. The summed E-state index contributed by atoms with van der Waals surface area (Å²) in [6, 6.07) is 23.0. The molecule has 2 heterocycles. The van der Waals surface area contributed by atoms with E-state index in [0.717, 1.165) is 29.0 Å². The molecule has 0 radical (unpaired) electrons. The van der Waals surface area contributed by atoms with E-state index in [2.05, 4.69) is 59.3 Å². The number of nitrogens with one attached hydrogen (secondary N) is 1. The first-order chi connectivity index (χ1) is 13.6. The van der Waals surface area contributed by atoms with Gasteiger partial charge in [0.25, 0.3) is 0 Å². The molecule has 5 rings (SSSR count). The highest BCUT2D eigenvalue weighted by molar-refractivity contribution is 6.42. The molecule has 0 saturated heterocycles. The number of benzene rings is 3. The second-order valence-corrected chi connectivity index (χ2v) is 8.09. The molecule has 0 fully saturated rings. The SMILES string of the molecule is Cc1ccccc1[C@H]1C[C@@H](c2ccc(Cl)c(Cl)c2)Nc2nc3ccccc3n21. The van der Waals surface area contributed by atoms with Gasteiger partial charge in [0, 0.05) is 0 Å². The maximum Gasteiger partial charge on any atom is 0.204 e. The van der Waals surface area contributed by atoms with E-state index >= 15 is 0 Å². The average Bonchev–Trinajstić information content (AvgIpc) is 3.08. The lowest BCUT2D eigenvalue weighted by Gasteiger charge is -2.34. The number of nitrogens with zero attached hydrogens (tertiary/aromatic N) is 2. The number of imidazole rings is 1. The number of para-hydroxylation sites is 2. The summed E-state index contributed by atoms with van der Waals surface area (Å²) >= 11 is 12.4. The topological polar surface area (TPSA) is 29.9 Å². The molecule has 140 valence electrons. The Hall–Kier alpha value is -2.49. The van der Waals surface area contributed by atoms with Crippen molar-refractivity contribution in [2.45, 2.75) is 25.4 Å². The van der Waals surface area contributed by atoms with Gasteiger partial charge in [-0.15, -0.1) is 0 Å². The Bertz CT molecular complexity index is 1180. The van der Waals surface area contributed by atoms with E-state index in [4.69, 9.17) is 28.2 Å². The van der Waals surface area contributed by atoms with E-state index in [1.165, 1.54) is 11.1 Å². The predicted molar refractivity (Wildman–Crippen MR) is 116 cm³/mol. The molecule has 0 aliphatic carbocycles. The van der Waals surface area contributed by atoms with Crippen molar-refractivity contribution in [2.24, 2.45) is 0 Å². The van der Waals surface area contributed by atoms with Crippen LogP contribution in [0.25, 0.3) is 11.0 Å². The molecule has 3 nitrogen and oxygen atoms in total. The zero-order chi connectivity index (χ0) is 19.3. The summed E-state index contributed by atoms with van der Waals surface area (Å²) in [6.45, 7) is 2.17. The number of halogens is 2. The lowest BCUT2D eigenvalue weighted by Crippen LogP contribution is -2.27. The number of aryl methyl sites for hydroxylation is 1. The van der Waals surface area contributed by atoms with E-state index in [-0.39, 0.29) is 12.1 Å². The molecule has 5 heteroatoms. The summed E-state index contributed by atoms with van der Waals surface area (Å²) in [7, 11) is 0. The number of hydrogen-bond donors (Lipinski definition) is 1. The molecule has 0 saturated carbocycles. The molecule has 0 spiro atoms. The molecule has 3 aromatic carbocycles. The Kier molecular flexibility index (Phi) is 4.30. The lowest BCUT2D eigenvalue weighted by molar-refractivity contribution is 0.476. The molecule has 4 aromatic rings. The van der Waals surface area contributed by atoms with Gasteiger partial charge in [-0.3, -0.25) is 0 Å². The number of rotatable bonds is 2. The Morgan fingerprint density at radius 1 is 0.964 bits per heavy atom. The molecule has 1 aliphatic rings. The fourth-order valence-electron chi connectivity index (χ4n) is 4.18. The van der Waals surface area contributed by atoms with Crippen LogP contribution in [-0.2, 0) is 0 Å². The Labute approximate surface area is 173 Å². The average molecular weight is 408 g/mol. The van der Waals surface area contributed by atoms with Gasteiger partial charge >= 0.3 is 0 Å². The number of anilines is 1. The van der Waals surface area contributed by atoms with Gasteiger partial charge in [-0.25, -0.2) is 4.98 Å². The van der Waals surface area contributed by atoms with Gasteiger partial charge in [0.2, 0.25) is 5.95 Å². The van der Waals surface area contributed by atoms with Crippen molar-refractivity contribution in [3.05, 3.63) is 93.5 Å². The Morgan fingerprint density at radius 3 is 2.57 bits per heavy atom. The van der Waals surface area contributed by atoms with Gasteiger partial charge in [-0.1, -0.05) is 65.7 Å². The second-order valence-electron chi connectivity index (χ2n) is 7.27. The lowest BCUT2D eigenvalue weighted by atomic mass is 9.91. The standard InChI is InChI=1S/C23H19Cl2N3/c1-14-6-2-3-7-16(14)22-13-20(15-10-11-17(24)18(25)12-15)27-23-26-19-8-4-5-9-21(19)28(22)23/h2-12,20,22H,13H2,1H3,(H,26,27)/t20-,22+/m0/s1. The summed E-state index contributed by atoms with van der Waals surface area (Å²) < 4.78 is 2.33. The molecule has 0 unspecified atom stereocenters. The van der Waals surface area contributed by atoms with E-state index < -0.39 is 0 Å². The summed E-state index contributed by atoms with van der Waals surface area (Å²) in [6.07, 6.45) is 0.899. The van der Waals surface area contributed by atoms with E-state index in [1.807, 2.05) is 24.3 Å². The van der Waals surface area contributed by atoms with Gasteiger partial charge < -0.3 is 9.88 Å². The van der Waals surface area contributed by atoms with E-state index in [1.54, 1.807) is 0 Å². The van der Waals surface area contributed by atoms with Crippen LogP contribution in [0.5, 0.6) is 0 Å². The van der Waals surface area contributed by atoms with Gasteiger partial charge in [-0.05, 0) is 54.3 Å². The van der Waals surface area contributed by atoms with Crippen LogP contribution < -0.4 is 5.32 Å². The van der Waals surface area contributed by atoms with Crippen molar-refractivity contribution in [3.63, 3.8) is 0 Å². The van der Waals surface area contributed by atoms with E-state index in [0.29, 0.717) is 10.0 Å². The van der Waals surface area contributed by atoms with Gasteiger partial charge in [0.1, 0.15) is 0 Å². The van der Waals surface area contributed by atoms with Crippen molar-refractivity contribution >= 4 is 40.2 Å². The molecule has 0 bridgehead atoms. The summed E-state index contributed by atoms with van der Waals surface area (Å²) in [5.41, 5.74) is 5.86. The van der Waals surface area contributed by atoms with Crippen molar-refractivity contribution in [1.29, 1.82) is 0 Å². The molecule has 28 heavy (non-hydrogen) atoms. The minimum atomic E-state index is 0.101. The highest BCUT2D eigenvalue weighted by Crippen LogP contribution is 2.42. The van der Waals surface area contributed by atoms with Crippen molar-refractivity contribution in [3.8, 4) is 0 Å². The predicted octanol–water partition coefficient (Wildman–Crippen LogP) is 6.80. The molecule has 1 N–H and O–H groups in total. The van der Waals surface area contributed by atoms with Crippen LogP contribution in [0.3, 0.4) is 0 Å². The van der Waals surface area contributed by atoms with Crippen LogP contribution >= 0.6 is 23.2 Å². The largest absolute Gasteiger partial charge is 0.349 e. The van der Waals surface area contributed by atoms with Crippen LogP contribution in [0, 0.1) is 6.92 Å². The molecule has 1 aromatic heterocycles. The third-order valence-corrected chi connectivity index (χ3v) is 6.30. The monoisotopic (exact) mass is 407 g/mol. The zero-order valence-electron chi connectivity index (χ0n) is 15.4. The van der Waals surface area contributed by atoms with Gasteiger partial charge in [-0.2, -0.15) is 0 Å². The normalized spacial score (nSPS) is 18.7. The maximum atomic E-state index is 6.30. The highest BCUT2D eigenvalue weighted by atomic mass is 35.5. The Balaban J connectivity index is 1.68. The van der Waals surface area contributed by atoms with Crippen molar-refractivity contribution in [1.82, 2.24) is 9.55 Å². The minimum Gasteiger partial charge on any atom is -0.349 e. The second kappa shape index (κ2) is 6.84. The van der Waals surface area contributed by atoms with Gasteiger partial charge in [0.05, 0.1) is 33.2 Å². The molecule has 1 aliphatic heterocycles. The molecule has 0 amide bonds. The maximum absolute atomic E-state index is 6.30. The summed E-state index contributed by atoms with van der Waals surface area (Å²) in [5, 5.41) is 4.77. The highest BCUT2D eigenvalue weighted by Gasteiger charge is 2.31. The van der Waals surface area contributed by atoms with Crippen LogP contribution in [-0.4, -0.2) is 9.55 Å². The minimum absolute atomic E-state index is 0.101. The molecule has 2 atom stereocenters. The third kappa shape index (κ3) is 2.86. The van der Waals surface area contributed by atoms with Crippen molar-refractivity contribution in [2.75, 3.05) is 5.32 Å². The number of hydrogen-bond acceptors (Lipinski definition) is 2. The molecular weight excluding hydrogens is 389 g/mol. The van der Waals surface area contributed by atoms with Crippen LogP contribution in [0.1, 0.15) is 35.2 Å². The smallest absolute Gasteiger partial charge is 0.204 e. The first kappa shape index (κ1) is 17.6. The van der Waals surface area contributed by atoms with Crippen LogP contribution in [0.4, 0.5) is 5.95 Å². The Morgan fingerprint density at radius 2 is 1.75 bits per heavy atom. The van der Waals surface area contributed by atoms with Crippen LogP contribution in [0.15, 0.2) is 66.7 Å². The third-order valence-electron chi connectivity index (χ3n) is 5.56. The quantitative estimate of drug-likeness (QED) is 0.395. The number of aromatic nitrogens is 2. The first-order valence-corrected chi connectivity index (χ1v) is 10.1. The fourth-order valence-corrected chi connectivity index (χ4v) is 4.49. The van der Waals surface area contributed by atoms with Crippen LogP contribution in [0.2, 0.25) is 10.0 Å². The zero-order valence-corrected chi connectivity index (χ0v) is 16.9. The number of fused-ring (bicyclic) bond motifs is 3. The first-order valence-electron chi connectivity index (χ1n) is 9.36. The van der Waals surface area contributed by atoms with Crippen molar-refractivity contribution < 1.29 is 0 Å². The fraction of sp³-hybridized carbons (Fsp3) is 0.174. The summed E-state index contributed by atoms with van der Waals surface area (Å²) in [4.78, 5) is 4.87. The van der Waals surface area contributed by atoms with E-state index in [9.17, 15) is 0 Å². The van der Waals surface area contributed by atoms with Gasteiger partial charge in [0.15, 0.2) is 0 Å².